The topological polar surface area (TPSA) is 92.5 Å². The number of fused-ring (bicyclic) bond motifs is 1. The van der Waals surface area contributed by atoms with Crippen LogP contribution in [0.1, 0.15) is 34.1 Å². The molecule has 0 radical (unpaired) electrons. The lowest BCUT2D eigenvalue weighted by Crippen LogP contribution is -2.32. The summed E-state index contributed by atoms with van der Waals surface area (Å²) in [5, 5.41) is 7.12. The van der Waals surface area contributed by atoms with Gasteiger partial charge in [0.2, 0.25) is 5.91 Å². The molecule has 0 bridgehead atoms. The summed E-state index contributed by atoms with van der Waals surface area (Å²) in [4.78, 5) is 35.2. The molecule has 8 nitrogen and oxygen atoms in total. The second-order valence-corrected chi connectivity index (χ2v) is 6.81. The van der Waals surface area contributed by atoms with Crippen LogP contribution in [-0.4, -0.2) is 49.9 Å². The summed E-state index contributed by atoms with van der Waals surface area (Å²) in [7, 11) is 1.79. The van der Waals surface area contributed by atoms with E-state index in [1.807, 2.05) is 25.1 Å². The van der Waals surface area contributed by atoms with E-state index >= 15 is 0 Å². The highest BCUT2D eigenvalue weighted by Gasteiger charge is 2.38. The van der Waals surface area contributed by atoms with Gasteiger partial charge in [0.15, 0.2) is 5.65 Å². The maximum absolute atomic E-state index is 12.7. The maximum Gasteiger partial charge on any atom is 0.256 e. The molecule has 2 amide bonds. The Morgan fingerprint density at radius 1 is 1.33 bits per heavy atom. The van der Waals surface area contributed by atoms with Crippen molar-refractivity contribution in [2.75, 3.05) is 13.6 Å². The molecular weight excluding hydrogens is 344 g/mol. The number of carbonyl (C=O) groups is 2. The monoisotopic (exact) mass is 364 g/mol. The van der Waals surface area contributed by atoms with E-state index in [2.05, 4.69) is 20.4 Å². The van der Waals surface area contributed by atoms with Gasteiger partial charge in [-0.05, 0) is 24.6 Å². The molecule has 1 N–H and O–H groups in total. The number of nitrogens with zero attached hydrogens (tertiary/aromatic N) is 5. The Morgan fingerprint density at radius 3 is 2.96 bits per heavy atom. The predicted molar refractivity (Wildman–Crippen MR) is 97.9 cm³/mol. The average Bonchev–Trinajstić information content (AvgIpc) is 3.21. The lowest BCUT2D eigenvalue weighted by atomic mass is 9.94. The molecule has 3 aromatic rings. The Balaban J connectivity index is 1.52. The van der Waals surface area contributed by atoms with Gasteiger partial charge in [-0.2, -0.15) is 5.10 Å². The van der Waals surface area contributed by atoms with Gasteiger partial charge in [-0.1, -0.05) is 6.07 Å². The number of likely N-dealkylation sites (tertiary alicyclic amines) is 1. The highest BCUT2D eigenvalue weighted by atomic mass is 16.2. The Labute approximate surface area is 156 Å². The SMILES string of the molecule is Cc1ccn2ncc(C(=O)NC[C@H]3CC(=O)N(C)[C@@H]3c3cccnc3)c2n1. The van der Waals surface area contributed by atoms with Crippen molar-refractivity contribution in [3.8, 4) is 0 Å². The zero-order chi connectivity index (χ0) is 19.0. The van der Waals surface area contributed by atoms with Crippen LogP contribution < -0.4 is 5.32 Å². The Bertz CT molecular complexity index is 1000. The minimum Gasteiger partial charge on any atom is -0.351 e. The zero-order valence-electron chi connectivity index (χ0n) is 15.2. The van der Waals surface area contributed by atoms with Crippen LogP contribution in [0.5, 0.6) is 0 Å². The van der Waals surface area contributed by atoms with Crippen molar-refractivity contribution in [1.82, 2.24) is 29.8 Å². The first-order valence-electron chi connectivity index (χ1n) is 8.79. The van der Waals surface area contributed by atoms with Crippen LogP contribution >= 0.6 is 0 Å². The predicted octanol–water partition coefficient (Wildman–Crippen LogP) is 1.38. The van der Waals surface area contributed by atoms with Crippen molar-refractivity contribution < 1.29 is 9.59 Å². The van der Waals surface area contributed by atoms with Crippen molar-refractivity contribution >= 4 is 17.5 Å². The van der Waals surface area contributed by atoms with Crippen molar-refractivity contribution in [3.63, 3.8) is 0 Å². The first-order chi connectivity index (χ1) is 13.0. The van der Waals surface area contributed by atoms with E-state index in [0.29, 0.717) is 24.2 Å². The summed E-state index contributed by atoms with van der Waals surface area (Å²) in [6, 6.07) is 5.55. The number of hydrogen-bond acceptors (Lipinski definition) is 5. The van der Waals surface area contributed by atoms with E-state index < -0.39 is 0 Å². The van der Waals surface area contributed by atoms with E-state index in [-0.39, 0.29) is 23.8 Å². The Hall–Kier alpha value is -3.29. The fraction of sp³-hybridized carbons (Fsp3) is 0.316. The van der Waals surface area contributed by atoms with E-state index in [4.69, 9.17) is 0 Å². The number of amides is 2. The lowest BCUT2D eigenvalue weighted by Gasteiger charge is -2.25. The van der Waals surface area contributed by atoms with Crippen molar-refractivity contribution in [1.29, 1.82) is 0 Å². The maximum atomic E-state index is 12.7. The third kappa shape index (κ3) is 3.14. The second kappa shape index (κ2) is 6.79. The van der Waals surface area contributed by atoms with Crippen LogP contribution in [0.4, 0.5) is 0 Å². The minimum absolute atomic E-state index is 0.0211. The van der Waals surface area contributed by atoms with Gasteiger partial charge < -0.3 is 10.2 Å². The molecule has 8 heteroatoms. The summed E-state index contributed by atoms with van der Waals surface area (Å²) in [6.07, 6.45) is 7.16. The van der Waals surface area contributed by atoms with Crippen molar-refractivity contribution in [2.45, 2.75) is 19.4 Å². The van der Waals surface area contributed by atoms with Gasteiger partial charge in [-0.15, -0.1) is 0 Å². The quantitative estimate of drug-likeness (QED) is 0.755. The third-order valence-corrected chi connectivity index (χ3v) is 5.00. The molecule has 0 spiro atoms. The lowest BCUT2D eigenvalue weighted by molar-refractivity contribution is -0.127. The van der Waals surface area contributed by atoms with Gasteiger partial charge in [-0.3, -0.25) is 14.6 Å². The summed E-state index contributed by atoms with van der Waals surface area (Å²) in [5.74, 6) is -0.196. The smallest absolute Gasteiger partial charge is 0.256 e. The van der Waals surface area contributed by atoms with Crippen molar-refractivity contribution in [2.24, 2.45) is 5.92 Å². The van der Waals surface area contributed by atoms with E-state index in [9.17, 15) is 9.59 Å². The molecule has 1 fully saturated rings. The van der Waals surface area contributed by atoms with Gasteiger partial charge in [0, 0.05) is 50.2 Å². The number of hydrogen-bond donors (Lipinski definition) is 1. The molecule has 4 heterocycles. The van der Waals surface area contributed by atoms with E-state index in [1.165, 1.54) is 6.20 Å². The fourth-order valence-electron chi connectivity index (χ4n) is 3.62. The highest BCUT2D eigenvalue weighted by molar-refractivity contribution is 5.99. The van der Waals surface area contributed by atoms with Crippen LogP contribution in [-0.2, 0) is 4.79 Å². The number of aryl methyl sites for hydroxylation is 1. The largest absolute Gasteiger partial charge is 0.351 e. The highest BCUT2D eigenvalue weighted by Crippen LogP contribution is 2.36. The average molecular weight is 364 g/mol. The van der Waals surface area contributed by atoms with Crippen LogP contribution in [0.3, 0.4) is 0 Å². The van der Waals surface area contributed by atoms with E-state index in [0.717, 1.165) is 11.3 Å². The van der Waals surface area contributed by atoms with Crippen molar-refractivity contribution in [3.05, 3.63) is 59.8 Å². The van der Waals surface area contributed by atoms with Gasteiger partial charge in [0.05, 0.1) is 12.2 Å². The summed E-state index contributed by atoms with van der Waals surface area (Å²) in [5.41, 5.74) is 2.74. The van der Waals surface area contributed by atoms with Gasteiger partial charge in [-0.25, -0.2) is 9.50 Å². The number of rotatable bonds is 4. The van der Waals surface area contributed by atoms with Crippen LogP contribution in [0.25, 0.3) is 5.65 Å². The summed E-state index contributed by atoms with van der Waals surface area (Å²) >= 11 is 0. The molecule has 0 aromatic carbocycles. The fourth-order valence-corrected chi connectivity index (χ4v) is 3.62. The molecule has 1 saturated heterocycles. The standard InChI is InChI=1S/C19H20N6O2/c1-12-5-7-25-18(23-12)15(11-22-25)19(27)21-10-14-8-16(26)24(2)17(14)13-4-3-6-20-9-13/h3-7,9,11,14,17H,8,10H2,1-2H3,(H,21,27)/t14-,17-/m1/s1. The van der Waals surface area contributed by atoms with Gasteiger partial charge >= 0.3 is 0 Å². The first-order valence-corrected chi connectivity index (χ1v) is 8.79. The molecular formula is C19H20N6O2. The third-order valence-electron chi connectivity index (χ3n) is 5.00. The number of carbonyl (C=O) groups excluding carboxylic acids is 2. The van der Waals surface area contributed by atoms with Crippen LogP contribution in [0.15, 0.2) is 43.0 Å². The molecule has 0 aliphatic carbocycles. The number of pyridine rings is 1. The molecule has 2 atom stereocenters. The molecule has 0 unspecified atom stereocenters. The Morgan fingerprint density at radius 2 is 2.19 bits per heavy atom. The van der Waals surface area contributed by atoms with Gasteiger partial charge in [0.25, 0.3) is 5.91 Å². The second-order valence-electron chi connectivity index (χ2n) is 6.81. The summed E-state index contributed by atoms with van der Waals surface area (Å²) < 4.78 is 1.58. The van der Waals surface area contributed by atoms with Crippen LogP contribution in [0, 0.1) is 12.8 Å². The Kier molecular flexibility index (Phi) is 4.31. The molecule has 1 aliphatic heterocycles. The normalized spacial score (nSPS) is 19.6. The molecule has 27 heavy (non-hydrogen) atoms. The molecule has 4 rings (SSSR count). The summed E-state index contributed by atoms with van der Waals surface area (Å²) in [6.45, 7) is 2.25. The molecule has 1 aliphatic rings. The van der Waals surface area contributed by atoms with Gasteiger partial charge in [0.1, 0.15) is 5.56 Å². The molecule has 138 valence electrons. The molecule has 0 saturated carbocycles. The van der Waals surface area contributed by atoms with E-state index in [1.54, 1.807) is 35.1 Å². The van der Waals surface area contributed by atoms with Crippen LogP contribution in [0.2, 0.25) is 0 Å². The first kappa shape index (κ1) is 17.1. The number of aromatic nitrogens is 4. The molecule has 3 aromatic heterocycles. The zero-order valence-corrected chi connectivity index (χ0v) is 15.2. The minimum atomic E-state index is -0.241. The number of nitrogens with one attached hydrogen (secondary N) is 1.